The molecule has 0 aliphatic heterocycles. The van der Waals surface area contributed by atoms with E-state index in [9.17, 15) is 5.11 Å². The van der Waals surface area contributed by atoms with Crippen LogP contribution in [0.1, 0.15) is 105 Å². The zero-order valence-electron chi connectivity index (χ0n) is 19.6. The van der Waals surface area contributed by atoms with Crippen molar-refractivity contribution in [3.8, 4) is 25.7 Å². The molecule has 1 heteroatoms. The Morgan fingerprint density at radius 3 is 2.11 bits per heavy atom. The summed E-state index contributed by atoms with van der Waals surface area (Å²) in [7, 11) is 0. The van der Waals surface area contributed by atoms with Crippen molar-refractivity contribution in [1.29, 1.82) is 0 Å². The number of aliphatic hydroxyl groups is 1. The van der Waals surface area contributed by atoms with E-state index in [0.29, 0.717) is 17.4 Å². The third kappa shape index (κ3) is 5.57. The molecule has 3 aliphatic rings. The van der Waals surface area contributed by atoms with Gasteiger partial charge in [0.15, 0.2) is 0 Å². The van der Waals surface area contributed by atoms with Gasteiger partial charge >= 0.3 is 0 Å². The molecule has 1 N–H and O–H groups in total. The fourth-order valence-electron chi connectivity index (χ4n) is 7.00. The molecule has 0 saturated heterocycles. The van der Waals surface area contributed by atoms with Crippen LogP contribution in [0.2, 0.25) is 0 Å². The summed E-state index contributed by atoms with van der Waals surface area (Å²) in [5, 5.41) is 9.37. The van der Waals surface area contributed by atoms with Crippen LogP contribution in [-0.2, 0) is 0 Å². The van der Waals surface area contributed by atoms with E-state index < -0.39 is 0 Å². The molecule has 0 heterocycles. The highest BCUT2D eigenvalue weighted by molar-refractivity contribution is 5.04. The van der Waals surface area contributed by atoms with Crippen LogP contribution in [0, 0.1) is 60.2 Å². The second kappa shape index (κ2) is 13.3. The first kappa shape index (κ1) is 27.1. The first-order valence-corrected chi connectivity index (χ1v) is 11.8. The van der Waals surface area contributed by atoms with Gasteiger partial charge in [-0.2, -0.15) is 0 Å². The minimum atomic E-state index is 0.383. The third-order valence-electron chi connectivity index (χ3n) is 8.58. The largest absolute Gasteiger partial charge is 0.396 e. The highest BCUT2D eigenvalue weighted by Crippen LogP contribution is 2.64. The predicted molar refractivity (Wildman–Crippen MR) is 125 cm³/mol. The van der Waals surface area contributed by atoms with Crippen molar-refractivity contribution in [3.05, 3.63) is 0 Å². The van der Waals surface area contributed by atoms with Gasteiger partial charge in [0.2, 0.25) is 0 Å². The lowest BCUT2D eigenvalue weighted by atomic mass is 9.44. The zero-order valence-corrected chi connectivity index (χ0v) is 19.6. The van der Waals surface area contributed by atoms with Gasteiger partial charge in [-0.25, -0.2) is 0 Å². The predicted octanol–water partition coefficient (Wildman–Crippen LogP) is 7.33. The Kier molecular flexibility index (Phi) is 12.9. The molecule has 6 atom stereocenters. The third-order valence-corrected chi connectivity index (χ3v) is 8.58. The van der Waals surface area contributed by atoms with Crippen molar-refractivity contribution >= 4 is 0 Å². The summed E-state index contributed by atoms with van der Waals surface area (Å²) < 4.78 is 0. The van der Waals surface area contributed by atoms with E-state index in [2.05, 4.69) is 46.5 Å². The number of aliphatic hydroxyl groups excluding tert-OH is 1. The second-order valence-corrected chi connectivity index (χ2v) is 9.31. The molecule has 0 spiro atoms. The number of fused-ring (bicyclic) bond motifs is 3. The van der Waals surface area contributed by atoms with Gasteiger partial charge in [-0.05, 0) is 85.9 Å². The summed E-state index contributed by atoms with van der Waals surface area (Å²) in [5.41, 5.74) is 1.18. The molecule has 3 saturated carbocycles. The van der Waals surface area contributed by atoms with Crippen molar-refractivity contribution in [2.24, 2.45) is 34.5 Å². The van der Waals surface area contributed by atoms with Crippen LogP contribution in [0.4, 0.5) is 0 Å². The Hall–Kier alpha value is -0.920. The normalized spacial score (nSPS) is 38.5. The van der Waals surface area contributed by atoms with Crippen molar-refractivity contribution in [2.75, 3.05) is 6.61 Å². The zero-order chi connectivity index (χ0) is 21.8. The molecule has 1 nitrogen and oxygen atoms in total. The summed E-state index contributed by atoms with van der Waals surface area (Å²) in [5.74, 6) is 3.81. The smallest absolute Gasteiger partial charge is 0.0431 e. The Morgan fingerprint density at radius 1 is 0.893 bits per heavy atom. The molecule has 28 heavy (non-hydrogen) atoms. The van der Waals surface area contributed by atoms with Crippen LogP contribution in [0.5, 0.6) is 0 Å². The monoisotopic (exact) mass is 388 g/mol. The van der Waals surface area contributed by atoms with Gasteiger partial charge in [0.25, 0.3) is 0 Å². The molecule has 0 bridgehead atoms. The van der Waals surface area contributed by atoms with E-state index in [1.807, 2.05) is 13.8 Å². The lowest BCUT2D eigenvalue weighted by Gasteiger charge is -2.61. The SMILES string of the molecule is C#C.C#C.CC.CCC1(C)CCC2C(CCC3CCCCC32C)C1CCCO. The lowest BCUT2D eigenvalue weighted by molar-refractivity contribution is -0.115. The maximum atomic E-state index is 9.37. The van der Waals surface area contributed by atoms with Gasteiger partial charge < -0.3 is 5.11 Å². The highest BCUT2D eigenvalue weighted by atomic mass is 16.2. The molecule has 162 valence electrons. The topological polar surface area (TPSA) is 20.2 Å². The minimum absolute atomic E-state index is 0.383. The number of terminal acetylenes is 2. The number of rotatable bonds is 4. The average molecular weight is 389 g/mol. The molecular formula is C27H48O. The summed E-state index contributed by atoms with van der Waals surface area (Å²) in [6.45, 7) is 12.0. The van der Waals surface area contributed by atoms with Gasteiger partial charge in [0.05, 0.1) is 0 Å². The van der Waals surface area contributed by atoms with Crippen LogP contribution in [0.3, 0.4) is 0 Å². The molecular weight excluding hydrogens is 340 g/mol. The molecule has 3 rings (SSSR count). The highest BCUT2D eigenvalue weighted by Gasteiger charge is 2.55. The van der Waals surface area contributed by atoms with Crippen LogP contribution in [0.15, 0.2) is 0 Å². The van der Waals surface area contributed by atoms with Crippen LogP contribution < -0.4 is 0 Å². The van der Waals surface area contributed by atoms with E-state index in [4.69, 9.17) is 0 Å². The van der Waals surface area contributed by atoms with Crippen molar-refractivity contribution in [3.63, 3.8) is 0 Å². The molecule has 0 radical (unpaired) electrons. The molecule has 3 aliphatic carbocycles. The Balaban J connectivity index is 0.00000111. The van der Waals surface area contributed by atoms with Gasteiger partial charge in [-0.1, -0.05) is 53.9 Å². The van der Waals surface area contributed by atoms with E-state index in [-0.39, 0.29) is 0 Å². The van der Waals surface area contributed by atoms with Crippen molar-refractivity contribution in [1.82, 2.24) is 0 Å². The number of hydrogen-bond acceptors (Lipinski definition) is 1. The van der Waals surface area contributed by atoms with Crippen LogP contribution in [-0.4, -0.2) is 11.7 Å². The van der Waals surface area contributed by atoms with Crippen molar-refractivity contribution in [2.45, 2.75) is 105 Å². The quantitative estimate of drug-likeness (QED) is 0.500. The Morgan fingerprint density at radius 2 is 1.54 bits per heavy atom. The summed E-state index contributed by atoms with van der Waals surface area (Å²) in [4.78, 5) is 0. The molecule has 0 aromatic rings. The second-order valence-electron chi connectivity index (χ2n) is 9.31. The first-order chi connectivity index (χ1) is 13.5. The van der Waals surface area contributed by atoms with Gasteiger partial charge in [0, 0.05) is 6.61 Å². The van der Waals surface area contributed by atoms with Gasteiger partial charge in [-0.3, -0.25) is 0 Å². The maximum absolute atomic E-state index is 9.37. The average Bonchev–Trinajstić information content (AvgIpc) is 2.76. The molecule has 0 aromatic carbocycles. The fourth-order valence-corrected chi connectivity index (χ4v) is 7.00. The van der Waals surface area contributed by atoms with E-state index in [0.717, 1.165) is 30.1 Å². The Bertz CT molecular complexity index is 442. The van der Waals surface area contributed by atoms with Crippen LogP contribution in [0.25, 0.3) is 0 Å². The maximum Gasteiger partial charge on any atom is 0.0431 e. The standard InChI is InChI=1S/C21H38O.C2H6.2C2H2/c1-4-20(2)14-12-19-17(18(20)9-7-15-22)11-10-16-8-5-6-13-21(16,19)3;3*1-2/h16-19,22H,4-15H2,1-3H3;1-2H3;2*1-2H. The molecule has 6 unspecified atom stereocenters. The number of hydrogen-bond donors (Lipinski definition) is 1. The van der Waals surface area contributed by atoms with E-state index in [1.165, 1.54) is 64.2 Å². The minimum Gasteiger partial charge on any atom is -0.396 e. The van der Waals surface area contributed by atoms with Crippen molar-refractivity contribution < 1.29 is 5.11 Å². The first-order valence-electron chi connectivity index (χ1n) is 11.8. The molecule has 3 fully saturated rings. The summed E-state index contributed by atoms with van der Waals surface area (Å²) >= 11 is 0. The van der Waals surface area contributed by atoms with E-state index >= 15 is 0 Å². The van der Waals surface area contributed by atoms with Gasteiger partial charge in [-0.15, -0.1) is 25.7 Å². The fraction of sp³-hybridized carbons (Fsp3) is 0.852. The lowest BCUT2D eigenvalue weighted by Crippen LogP contribution is -2.53. The van der Waals surface area contributed by atoms with Crippen LogP contribution >= 0.6 is 0 Å². The molecule has 0 amide bonds. The Labute approximate surface area is 177 Å². The summed E-state index contributed by atoms with van der Waals surface area (Å²) in [6, 6.07) is 0. The van der Waals surface area contributed by atoms with Gasteiger partial charge in [0.1, 0.15) is 0 Å². The summed E-state index contributed by atoms with van der Waals surface area (Å²) in [6.07, 6.45) is 31.5. The van der Waals surface area contributed by atoms with E-state index in [1.54, 1.807) is 0 Å². The molecule has 0 aromatic heterocycles.